The molecular weight excluding hydrogens is 475 g/mol. The molecule has 0 fully saturated rings. The van der Waals surface area contributed by atoms with E-state index in [0.717, 1.165) is 26.5 Å². The van der Waals surface area contributed by atoms with Crippen molar-refractivity contribution in [1.82, 2.24) is 9.99 Å². The normalized spacial score (nSPS) is 11.0. The summed E-state index contributed by atoms with van der Waals surface area (Å²) in [6.07, 6.45) is 3.45. The molecule has 0 spiro atoms. The molecule has 4 aromatic rings. The minimum atomic E-state index is -0.501. The Morgan fingerprint density at radius 3 is 2.88 bits per heavy atom. The van der Waals surface area contributed by atoms with Gasteiger partial charge in [0.2, 0.25) is 0 Å². The Morgan fingerprint density at radius 2 is 2.06 bits per heavy atom. The van der Waals surface area contributed by atoms with Gasteiger partial charge in [-0.15, -0.1) is 0 Å². The molecule has 0 saturated heterocycles. The zero-order valence-corrected chi connectivity index (χ0v) is 18.2. The largest absolute Gasteiger partial charge is 0.507 e. The van der Waals surface area contributed by atoms with Gasteiger partial charge in [-0.2, -0.15) is 10.4 Å². The van der Waals surface area contributed by atoms with Crippen molar-refractivity contribution in [3.63, 3.8) is 0 Å². The molecule has 158 valence electrons. The standard InChI is InChI=1S/C24H16BrFN4O2/c25-21-6-5-19(26)11-18(21)14-30-9-8-20-16(2-1-3-22(20)30)13-28-29-24(32)15-4-7-23(31)17(10-15)12-27/h1-11,13,31H,14H2,(H,29,32)/b28-13+. The molecule has 0 aliphatic heterocycles. The van der Waals surface area contributed by atoms with Gasteiger partial charge in [-0.05, 0) is 54.1 Å². The topological polar surface area (TPSA) is 90.4 Å². The maximum Gasteiger partial charge on any atom is 0.271 e. The number of hydrogen-bond acceptors (Lipinski definition) is 4. The molecule has 3 aromatic carbocycles. The summed E-state index contributed by atoms with van der Waals surface area (Å²) in [5, 5.41) is 23.5. The SMILES string of the molecule is N#Cc1cc(C(=O)N/N=C/c2cccc3c2ccn3Cc2cc(F)ccc2Br)ccc1O. The van der Waals surface area contributed by atoms with Gasteiger partial charge in [0, 0.05) is 39.2 Å². The molecule has 0 aliphatic carbocycles. The van der Waals surface area contributed by atoms with Crippen molar-refractivity contribution in [3.05, 3.63) is 99.4 Å². The lowest BCUT2D eigenvalue weighted by Gasteiger charge is -2.08. The highest BCUT2D eigenvalue weighted by Crippen LogP contribution is 2.24. The van der Waals surface area contributed by atoms with Crippen LogP contribution in [0.2, 0.25) is 0 Å². The molecule has 0 bridgehead atoms. The number of nitrogens with zero attached hydrogens (tertiary/aromatic N) is 3. The fourth-order valence-corrected chi connectivity index (χ4v) is 3.71. The number of fused-ring (bicyclic) bond motifs is 1. The number of aromatic hydroxyl groups is 1. The fraction of sp³-hybridized carbons (Fsp3) is 0.0417. The Balaban J connectivity index is 1.54. The van der Waals surface area contributed by atoms with Gasteiger partial charge in [-0.25, -0.2) is 9.82 Å². The molecule has 0 saturated carbocycles. The number of benzene rings is 3. The molecule has 8 heteroatoms. The molecule has 1 heterocycles. The first kappa shape index (κ1) is 21.3. The summed E-state index contributed by atoms with van der Waals surface area (Å²) in [6.45, 7) is 0.487. The fourth-order valence-electron chi connectivity index (χ4n) is 3.34. The van der Waals surface area contributed by atoms with Crippen LogP contribution >= 0.6 is 15.9 Å². The molecular formula is C24H16BrFN4O2. The predicted octanol–water partition coefficient (Wildman–Crippen LogP) is 4.93. The van der Waals surface area contributed by atoms with E-state index in [1.54, 1.807) is 6.07 Å². The number of carbonyl (C=O) groups is 1. The van der Waals surface area contributed by atoms with E-state index in [9.17, 15) is 14.3 Å². The molecule has 32 heavy (non-hydrogen) atoms. The molecule has 0 unspecified atom stereocenters. The Morgan fingerprint density at radius 1 is 1.22 bits per heavy atom. The molecule has 0 aliphatic rings. The average molecular weight is 491 g/mol. The Bertz CT molecular complexity index is 1410. The summed E-state index contributed by atoms with van der Waals surface area (Å²) < 4.78 is 16.5. The average Bonchev–Trinajstić information content (AvgIpc) is 3.20. The Labute approximate surface area is 191 Å². The van der Waals surface area contributed by atoms with E-state index in [2.05, 4.69) is 26.5 Å². The maximum absolute atomic E-state index is 13.6. The van der Waals surface area contributed by atoms with Crippen molar-refractivity contribution in [2.75, 3.05) is 0 Å². The van der Waals surface area contributed by atoms with Crippen molar-refractivity contribution in [2.24, 2.45) is 5.10 Å². The van der Waals surface area contributed by atoms with Gasteiger partial charge in [0.25, 0.3) is 5.91 Å². The van der Waals surface area contributed by atoms with Gasteiger partial charge in [0.1, 0.15) is 17.6 Å². The van der Waals surface area contributed by atoms with Gasteiger partial charge in [-0.3, -0.25) is 4.79 Å². The first-order chi connectivity index (χ1) is 15.5. The third-order valence-electron chi connectivity index (χ3n) is 4.94. The number of amides is 1. The van der Waals surface area contributed by atoms with Gasteiger partial charge in [0.05, 0.1) is 11.8 Å². The number of phenols is 1. The van der Waals surface area contributed by atoms with Gasteiger partial charge in [-0.1, -0.05) is 28.1 Å². The summed E-state index contributed by atoms with van der Waals surface area (Å²) in [6, 6.07) is 18.0. The number of carbonyl (C=O) groups excluding carboxylic acids is 1. The van der Waals surface area contributed by atoms with Crippen LogP contribution in [0.5, 0.6) is 5.75 Å². The zero-order chi connectivity index (χ0) is 22.7. The molecule has 1 amide bonds. The predicted molar refractivity (Wildman–Crippen MR) is 123 cm³/mol. The number of phenolic OH excluding ortho intramolecular Hbond substituents is 1. The van der Waals surface area contributed by atoms with E-state index in [0.29, 0.717) is 6.54 Å². The van der Waals surface area contributed by atoms with Crippen molar-refractivity contribution in [1.29, 1.82) is 5.26 Å². The van der Waals surface area contributed by atoms with E-state index in [4.69, 9.17) is 5.26 Å². The molecule has 2 N–H and O–H groups in total. The first-order valence-corrected chi connectivity index (χ1v) is 10.3. The summed E-state index contributed by atoms with van der Waals surface area (Å²) in [5.74, 6) is -0.980. The van der Waals surface area contributed by atoms with Gasteiger partial charge < -0.3 is 9.67 Å². The number of hydrazone groups is 1. The third-order valence-corrected chi connectivity index (χ3v) is 5.72. The number of rotatable bonds is 5. The smallest absolute Gasteiger partial charge is 0.271 e. The number of nitrogens with one attached hydrogen (secondary N) is 1. The number of hydrogen-bond donors (Lipinski definition) is 2. The molecule has 0 radical (unpaired) electrons. The zero-order valence-electron chi connectivity index (χ0n) is 16.6. The Kier molecular flexibility index (Phi) is 6.01. The second-order valence-electron chi connectivity index (χ2n) is 7.00. The minimum absolute atomic E-state index is 0.0117. The van der Waals surface area contributed by atoms with Crippen molar-refractivity contribution < 1.29 is 14.3 Å². The number of aromatic nitrogens is 1. The van der Waals surface area contributed by atoms with Crippen LogP contribution in [0.1, 0.15) is 27.0 Å². The molecule has 0 atom stereocenters. The van der Waals surface area contributed by atoms with Crippen molar-refractivity contribution in [3.8, 4) is 11.8 Å². The van der Waals surface area contributed by atoms with Crippen LogP contribution in [-0.4, -0.2) is 21.8 Å². The second-order valence-corrected chi connectivity index (χ2v) is 7.86. The summed E-state index contributed by atoms with van der Waals surface area (Å²) >= 11 is 3.46. The van der Waals surface area contributed by atoms with Crippen LogP contribution in [0.4, 0.5) is 4.39 Å². The van der Waals surface area contributed by atoms with Crippen LogP contribution in [0, 0.1) is 17.1 Å². The number of halogens is 2. The molecule has 6 nitrogen and oxygen atoms in total. The second kappa shape index (κ2) is 9.04. The molecule has 4 rings (SSSR count). The van der Waals surface area contributed by atoms with Gasteiger partial charge in [0.15, 0.2) is 0 Å². The highest BCUT2D eigenvalue weighted by Gasteiger charge is 2.10. The lowest BCUT2D eigenvalue weighted by atomic mass is 10.1. The number of nitriles is 1. The van der Waals surface area contributed by atoms with Crippen LogP contribution in [0.3, 0.4) is 0 Å². The van der Waals surface area contributed by atoms with E-state index in [-0.39, 0.29) is 22.7 Å². The Hall–Kier alpha value is -3.96. The lowest BCUT2D eigenvalue weighted by molar-refractivity contribution is 0.0955. The quantitative estimate of drug-likeness (QED) is 0.306. The van der Waals surface area contributed by atoms with Crippen molar-refractivity contribution in [2.45, 2.75) is 6.54 Å². The van der Waals surface area contributed by atoms with E-state index in [1.165, 1.54) is 36.5 Å². The van der Waals surface area contributed by atoms with Crippen LogP contribution in [0.25, 0.3) is 10.9 Å². The van der Waals surface area contributed by atoms with Crippen LogP contribution in [-0.2, 0) is 6.54 Å². The maximum atomic E-state index is 13.6. The van der Waals surface area contributed by atoms with Gasteiger partial charge >= 0.3 is 0 Å². The highest BCUT2D eigenvalue weighted by molar-refractivity contribution is 9.10. The summed E-state index contributed by atoms with van der Waals surface area (Å²) in [7, 11) is 0. The van der Waals surface area contributed by atoms with E-state index in [1.807, 2.05) is 41.1 Å². The third kappa shape index (κ3) is 4.38. The monoisotopic (exact) mass is 490 g/mol. The van der Waals surface area contributed by atoms with Crippen LogP contribution < -0.4 is 5.43 Å². The van der Waals surface area contributed by atoms with E-state index >= 15 is 0 Å². The summed E-state index contributed by atoms with van der Waals surface area (Å²) in [5.41, 5.74) is 5.20. The van der Waals surface area contributed by atoms with Crippen LogP contribution in [0.15, 0.2) is 76.4 Å². The van der Waals surface area contributed by atoms with E-state index < -0.39 is 5.91 Å². The highest BCUT2D eigenvalue weighted by atomic mass is 79.9. The summed E-state index contributed by atoms with van der Waals surface area (Å²) in [4.78, 5) is 12.3. The molecule has 1 aromatic heterocycles. The minimum Gasteiger partial charge on any atom is -0.507 e. The van der Waals surface area contributed by atoms with Crippen molar-refractivity contribution >= 4 is 39.0 Å². The first-order valence-electron chi connectivity index (χ1n) is 9.54. The lowest BCUT2D eigenvalue weighted by Crippen LogP contribution is -2.17.